The van der Waals surface area contributed by atoms with E-state index in [1.165, 1.54) is 5.56 Å². The molecule has 3 rings (SSSR count). The summed E-state index contributed by atoms with van der Waals surface area (Å²) in [6.45, 7) is 0.678. The van der Waals surface area contributed by atoms with Crippen molar-refractivity contribution >= 4 is 33.0 Å². The maximum atomic E-state index is 5.95. The number of nitrogen functional groups attached to an aromatic ring is 1. The second-order valence-corrected chi connectivity index (χ2v) is 4.95. The highest BCUT2D eigenvalue weighted by molar-refractivity contribution is 9.10. The first-order valence-corrected chi connectivity index (χ1v) is 6.34. The van der Waals surface area contributed by atoms with Gasteiger partial charge in [0, 0.05) is 10.7 Å². The number of nitrogens with zero attached hydrogens (tertiary/aromatic N) is 3. The van der Waals surface area contributed by atoms with Crippen molar-refractivity contribution in [1.29, 1.82) is 0 Å². The number of imidazole rings is 1. The first kappa shape index (κ1) is 11.2. The molecule has 0 atom stereocenters. The van der Waals surface area contributed by atoms with Gasteiger partial charge < -0.3 is 5.73 Å². The summed E-state index contributed by atoms with van der Waals surface area (Å²) < 4.78 is 2.82. The Labute approximate surface area is 113 Å². The summed E-state index contributed by atoms with van der Waals surface area (Å²) in [5, 5.41) is 0. The van der Waals surface area contributed by atoms with E-state index >= 15 is 0 Å². The maximum absolute atomic E-state index is 5.95. The van der Waals surface area contributed by atoms with Gasteiger partial charge in [0.05, 0.1) is 6.54 Å². The third-order valence-corrected chi connectivity index (χ3v) is 3.20. The van der Waals surface area contributed by atoms with Gasteiger partial charge in [-0.1, -0.05) is 30.3 Å². The van der Waals surface area contributed by atoms with Gasteiger partial charge in [0.2, 0.25) is 5.95 Å². The molecule has 0 saturated heterocycles. The smallest absolute Gasteiger partial charge is 0.202 e. The molecule has 18 heavy (non-hydrogen) atoms. The highest BCUT2D eigenvalue weighted by Gasteiger charge is 2.09. The molecule has 1 aromatic carbocycles. The van der Waals surface area contributed by atoms with E-state index in [9.17, 15) is 0 Å². The third kappa shape index (κ3) is 1.97. The number of rotatable bonds is 2. The summed E-state index contributed by atoms with van der Waals surface area (Å²) >= 11 is 3.38. The summed E-state index contributed by atoms with van der Waals surface area (Å²) in [5.41, 5.74) is 8.73. The van der Waals surface area contributed by atoms with Crippen LogP contribution in [0.25, 0.3) is 11.2 Å². The van der Waals surface area contributed by atoms with Gasteiger partial charge in [0.15, 0.2) is 5.65 Å². The second kappa shape index (κ2) is 4.42. The zero-order valence-corrected chi connectivity index (χ0v) is 11.1. The number of aromatic nitrogens is 3. The third-order valence-electron chi connectivity index (χ3n) is 2.76. The highest BCUT2D eigenvalue weighted by atomic mass is 79.9. The molecular formula is C13H11BrN4. The normalized spacial score (nSPS) is 10.9. The lowest BCUT2D eigenvalue weighted by Gasteiger charge is -2.05. The molecule has 0 unspecified atom stereocenters. The van der Waals surface area contributed by atoms with Crippen molar-refractivity contribution in [2.24, 2.45) is 0 Å². The lowest BCUT2D eigenvalue weighted by Crippen LogP contribution is -2.05. The van der Waals surface area contributed by atoms with Gasteiger partial charge in [0.25, 0.3) is 0 Å². The minimum absolute atomic E-state index is 0.486. The molecule has 0 saturated carbocycles. The van der Waals surface area contributed by atoms with Crippen LogP contribution < -0.4 is 5.73 Å². The van der Waals surface area contributed by atoms with Gasteiger partial charge in [-0.3, -0.25) is 4.57 Å². The van der Waals surface area contributed by atoms with E-state index in [4.69, 9.17) is 5.73 Å². The Morgan fingerprint density at radius 3 is 2.78 bits per heavy atom. The van der Waals surface area contributed by atoms with Gasteiger partial charge in [-0.05, 0) is 27.6 Å². The molecule has 0 bridgehead atoms. The molecule has 5 heteroatoms. The Hall–Kier alpha value is -1.88. The first-order chi connectivity index (χ1) is 8.74. The van der Waals surface area contributed by atoms with Crippen molar-refractivity contribution in [3.05, 3.63) is 52.6 Å². The fourth-order valence-corrected chi connectivity index (χ4v) is 2.24. The quantitative estimate of drug-likeness (QED) is 0.792. The van der Waals surface area contributed by atoms with E-state index in [-0.39, 0.29) is 0 Å². The van der Waals surface area contributed by atoms with E-state index < -0.39 is 0 Å². The number of pyridine rings is 1. The summed E-state index contributed by atoms with van der Waals surface area (Å²) in [4.78, 5) is 8.69. The maximum Gasteiger partial charge on any atom is 0.202 e. The Balaban J connectivity index is 2.09. The fraction of sp³-hybridized carbons (Fsp3) is 0.0769. The van der Waals surface area contributed by atoms with Crippen LogP contribution >= 0.6 is 15.9 Å². The average molecular weight is 303 g/mol. The van der Waals surface area contributed by atoms with Crippen LogP contribution in [0.4, 0.5) is 5.95 Å². The topological polar surface area (TPSA) is 56.7 Å². The van der Waals surface area contributed by atoms with Crippen molar-refractivity contribution in [3.63, 3.8) is 0 Å². The predicted molar refractivity (Wildman–Crippen MR) is 75.2 cm³/mol. The SMILES string of the molecule is Nc1nc2cc(Br)cnc2n1Cc1ccccc1. The molecule has 90 valence electrons. The van der Waals surface area contributed by atoms with Crippen molar-refractivity contribution in [3.8, 4) is 0 Å². The van der Waals surface area contributed by atoms with E-state index in [1.54, 1.807) is 6.20 Å². The lowest BCUT2D eigenvalue weighted by molar-refractivity contribution is 0.828. The van der Waals surface area contributed by atoms with Crippen LogP contribution in [-0.2, 0) is 6.54 Å². The monoisotopic (exact) mass is 302 g/mol. The number of benzene rings is 1. The zero-order chi connectivity index (χ0) is 12.5. The van der Waals surface area contributed by atoms with E-state index in [0.717, 1.165) is 15.6 Å². The number of hydrogen-bond donors (Lipinski definition) is 1. The first-order valence-electron chi connectivity index (χ1n) is 5.55. The van der Waals surface area contributed by atoms with Crippen LogP contribution in [0.5, 0.6) is 0 Å². The van der Waals surface area contributed by atoms with Gasteiger partial charge in [0.1, 0.15) is 5.52 Å². The molecule has 3 aromatic rings. The fourth-order valence-electron chi connectivity index (χ4n) is 1.93. The number of hydrogen-bond acceptors (Lipinski definition) is 3. The Morgan fingerprint density at radius 1 is 1.22 bits per heavy atom. The summed E-state index contributed by atoms with van der Waals surface area (Å²) in [7, 11) is 0. The molecule has 2 aromatic heterocycles. The molecule has 4 nitrogen and oxygen atoms in total. The highest BCUT2D eigenvalue weighted by Crippen LogP contribution is 2.20. The lowest BCUT2D eigenvalue weighted by atomic mass is 10.2. The number of nitrogens with two attached hydrogens (primary N) is 1. The molecule has 0 aliphatic rings. The summed E-state index contributed by atoms with van der Waals surface area (Å²) in [6.07, 6.45) is 1.75. The Morgan fingerprint density at radius 2 is 2.00 bits per heavy atom. The van der Waals surface area contributed by atoms with Crippen LogP contribution in [0, 0.1) is 0 Å². The Bertz CT molecular complexity index is 691. The van der Waals surface area contributed by atoms with Crippen LogP contribution in [0.2, 0.25) is 0 Å². The van der Waals surface area contributed by atoms with Crippen molar-refractivity contribution in [1.82, 2.24) is 14.5 Å². The van der Waals surface area contributed by atoms with Crippen molar-refractivity contribution in [2.75, 3.05) is 5.73 Å². The molecule has 0 aliphatic heterocycles. The second-order valence-electron chi connectivity index (χ2n) is 4.04. The van der Waals surface area contributed by atoms with Gasteiger partial charge in [-0.25, -0.2) is 9.97 Å². The van der Waals surface area contributed by atoms with Crippen LogP contribution in [0.1, 0.15) is 5.56 Å². The molecule has 0 fully saturated rings. The largest absolute Gasteiger partial charge is 0.369 e. The zero-order valence-electron chi connectivity index (χ0n) is 9.55. The van der Waals surface area contributed by atoms with Gasteiger partial charge in [-0.15, -0.1) is 0 Å². The summed E-state index contributed by atoms with van der Waals surface area (Å²) in [6, 6.07) is 12.0. The molecule has 0 spiro atoms. The standard InChI is InChI=1S/C13H11BrN4/c14-10-6-11-12(16-7-10)18(13(15)17-11)8-9-4-2-1-3-5-9/h1-7H,8H2,(H2,15,17). The number of fused-ring (bicyclic) bond motifs is 1. The molecule has 2 N–H and O–H groups in total. The molecular weight excluding hydrogens is 292 g/mol. The molecule has 0 radical (unpaired) electrons. The van der Waals surface area contributed by atoms with Gasteiger partial charge >= 0.3 is 0 Å². The Kier molecular flexibility index (Phi) is 2.76. The van der Waals surface area contributed by atoms with Crippen molar-refractivity contribution < 1.29 is 0 Å². The minimum atomic E-state index is 0.486. The van der Waals surface area contributed by atoms with Crippen molar-refractivity contribution in [2.45, 2.75) is 6.54 Å². The van der Waals surface area contributed by atoms with Gasteiger partial charge in [-0.2, -0.15) is 0 Å². The predicted octanol–water partition coefficient (Wildman–Crippen LogP) is 2.82. The molecule has 0 amide bonds. The molecule has 0 aliphatic carbocycles. The number of anilines is 1. The summed E-state index contributed by atoms with van der Waals surface area (Å²) in [5.74, 6) is 0.486. The van der Waals surface area contributed by atoms with E-state index in [2.05, 4.69) is 38.0 Å². The molecule has 2 heterocycles. The van der Waals surface area contributed by atoms with Crippen LogP contribution in [0.3, 0.4) is 0 Å². The van der Waals surface area contributed by atoms with E-state index in [0.29, 0.717) is 12.5 Å². The minimum Gasteiger partial charge on any atom is -0.369 e. The number of halogens is 1. The van der Waals surface area contributed by atoms with E-state index in [1.807, 2.05) is 28.8 Å². The average Bonchev–Trinajstić information content (AvgIpc) is 2.66. The van der Waals surface area contributed by atoms with Crippen LogP contribution in [0.15, 0.2) is 47.1 Å². The van der Waals surface area contributed by atoms with Crippen LogP contribution in [-0.4, -0.2) is 14.5 Å².